The molecule has 2 rings (SSSR count). The van der Waals surface area contributed by atoms with Crippen LogP contribution in [-0.2, 0) is 20.4 Å². The van der Waals surface area contributed by atoms with Crippen LogP contribution in [0.5, 0.6) is 0 Å². The van der Waals surface area contributed by atoms with E-state index < -0.39 is 21.4 Å². The molecule has 130 valence electrons. The molecule has 0 aliphatic rings. The van der Waals surface area contributed by atoms with Crippen LogP contribution in [-0.4, -0.2) is 22.1 Å². The minimum absolute atomic E-state index is 0.0430. The molecule has 7 heteroatoms. The van der Waals surface area contributed by atoms with Gasteiger partial charge in [-0.1, -0.05) is 48.9 Å². The van der Waals surface area contributed by atoms with Crippen molar-refractivity contribution in [3.05, 3.63) is 64.9 Å². The summed E-state index contributed by atoms with van der Waals surface area (Å²) in [5.41, 5.74) is 0.0767. The third kappa shape index (κ3) is 3.95. The highest BCUT2D eigenvalue weighted by atomic mass is 35.5. The predicted molar refractivity (Wildman–Crippen MR) is 92.0 cm³/mol. The first-order chi connectivity index (χ1) is 11.3. The van der Waals surface area contributed by atoms with Gasteiger partial charge in [0.2, 0.25) is 10.0 Å². The maximum atomic E-state index is 13.2. The zero-order valence-corrected chi connectivity index (χ0v) is 15.0. The van der Waals surface area contributed by atoms with Crippen LogP contribution in [0.1, 0.15) is 18.9 Å². The Morgan fingerprint density at radius 2 is 1.88 bits per heavy atom. The molecule has 0 amide bonds. The fourth-order valence-electron chi connectivity index (χ4n) is 2.45. The molecule has 1 atom stereocenters. The summed E-state index contributed by atoms with van der Waals surface area (Å²) in [5.74, 6) is -0.667. The van der Waals surface area contributed by atoms with E-state index >= 15 is 0 Å². The monoisotopic (exact) mass is 371 g/mol. The fraction of sp³-hybridized carbons (Fsp3) is 0.294. The first-order valence-electron chi connectivity index (χ1n) is 7.40. The molecule has 0 unspecified atom stereocenters. The second-order valence-electron chi connectivity index (χ2n) is 5.32. The molecule has 0 aliphatic carbocycles. The summed E-state index contributed by atoms with van der Waals surface area (Å²) in [6.45, 7) is 1.96. The van der Waals surface area contributed by atoms with E-state index in [1.807, 2.05) is 37.3 Å². The highest BCUT2D eigenvalue weighted by Gasteiger charge is 2.32. The second-order valence-corrected chi connectivity index (χ2v) is 7.49. The molecule has 0 radical (unpaired) electrons. The van der Waals surface area contributed by atoms with E-state index in [4.69, 9.17) is 16.3 Å². The number of nitrogens with one attached hydrogen (secondary N) is 1. The molecule has 0 heterocycles. The molecule has 0 aliphatic heterocycles. The van der Waals surface area contributed by atoms with Gasteiger partial charge in [0.25, 0.3) is 0 Å². The van der Waals surface area contributed by atoms with Crippen molar-refractivity contribution in [2.24, 2.45) is 0 Å². The SMILES string of the molecule is CC[C@@](CNS(=O)(=O)c1ccc(F)c(Cl)c1)(OC)c1ccccc1. The molecule has 2 aromatic carbocycles. The van der Waals surface area contributed by atoms with Gasteiger partial charge >= 0.3 is 0 Å². The van der Waals surface area contributed by atoms with E-state index in [1.54, 1.807) is 7.11 Å². The summed E-state index contributed by atoms with van der Waals surface area (Å²) in [5, 5.41) is -0.241. The number of rotatable bonds is 7. The van der Waals surface area contributed by atoms with Crippen molar-refractivity contribution in [3.63, 3.8) is 0 Å². The van der Waals surface area contributed by atoms with Gasteiger partial charge in [-0.05, 0) is 30.2 Å². The molecule has 0 saturated carbocycles. The molecule has 2 aromatic rings. The molecule has 0 aromatic heterocycles. The van der Waals surface area contributed by atoms with Crippen molar-refractivity contribution in [1.82, 2.24) is 4.72 Å². The molecule has 0 bridgehead atoms. The van der Waals surface area contributed by atoms with E-state index in [9.17, 15) is 12.8 Å². The Balaban J connectivity index is 2.27. The average molecular weight is 372 g/mol. The first kappa shape index (κ1) is 18.9. The average Bonchev–Trinajstić information content (AvgIpc) is 2.59. The highest BCUT2D eigenvalue weighted by molar-refractivity contribution is 7.89. The molecule has 4 nitrogen and oxygen atoms in total. The van der Waals surface area contributed by atoms with Gasteiger partial charge in [-0.15, -0.1) is 0 Å². The number of halogens is 2. The minimum atomic E-state index is -3.84. The van der Waals surface area contributed by atoms with Crippen molar-refractivity contribution in [2.75, 3.05) is 13.7 Å². The second kappa shape index (κ2) is 7.61. The molecule has 0 saturated heterocycles. The maximum absolute atomic E-state index is 13.2. The third-order valence-corrected chi connectivity index (χ3v) is 5.70. The van der Waals surface area contributed by atoms with Crippen LogP contribution in [0.25, 0.3) is 0 Å². The molecule has 0 spiro atoms. The quantitative estimate of drug-likeness (QED) is 0.807. The Bertz CT molecular complexity index is 793. The zero-order chi connectivity index (χ0) is 17.8. The largest absolute Gasteiger partial charge is 0.372 e. The van der Waals surface area contributed by atoms with Crippen LogP contribution in [0.15, 0.2) is 53.4 Å². The van der Waals surface area contributed by atoms with Crippen molar-refractivity contribution < 1.29 is 17.5 Å². The number of ether oxygens (including phenoxy) is 1. The van der Waals surface area contributed by atoms with Gasteiger partial charge in [-0.3, -0.25) is 0 Å². The molecule has 24 heavy (non-hydrogen) atoms. The Hall–Kier alpha value is -1.47. The molecular formula is C17H19ClFNO3S. The number of benzene rings is 2. The van der Waals surface area contributed by atoms with Crippen LogP contribution < -0.4 is 4.72 Å². The van der Waals surface area contributed by atoms with Gasteiger partial charge in [0.15, 0.2) is 0 Å². The third-order valence-electron chi connectivity index (χ3n) is 4.01. The number of hydrogen-bond donors (Lipinski definition) is 1. The molecular weight excluding hydrogens is 353 g/mol. The lowest BCUT2D eigenvalue weighted by atomic mass is 9.91. The minimum Gasteiger partial charge on any atom is -0.372 e. The first-order valence-corrected chi connectivity index (χ1v) is 9.26. The summed E-state index contributed by atoms with van der Waals surface area (Å²) < 4.78 is 46.3. The van der Waals surface area contributed by atoms with Crippen LogP contribution in [0.3, 0.4) is 0 Å². The number of hydrogen-bond acceptors (Lipinski definition) is 3. The molecule has 1 N–H and O–H groups in total. The lowest BCUT2D eigenvalue weighted by molar-refractivity contribution is -0.0133. The highest BCUT2D eigenvalue weighted by Crippen LogP contribution is 2.29. The summed E-state index contributed by atoms with van der Waals surface area (Å²) >= 11 is 5.67. The summed E-state index contributed by atoms with van der Waals surface area (Å²) in [6, 6.07) is 12.7. The van der Waals surface area contributed by atoms with Gasteiger partial charge in [0, 0.05) is 13.7 Å². The van der Waals surface area contributed by atoms with Crippen molar-refractivity contribution in [2.45, 2.75) is 23.8 Å². The Labute approximate surface area is 146 Å². The van der Waals surface area contributed by atoms with Crippen LogP contribution >= 0.6 is 11.6 Å². The smallest absolute Gasteiger partial charge is 0.240 e. The summed E-state index contributed by atoms with van der Waals surface area (Å²) in [7, 11) is -2.30. The van der Waals surface area contributed by atoms with E-state index in [0.29, 0.717) is 6.42 Å². The number of methoxy groups -OCH3 is 1. The molecule has 0 fully saturated rings. The fourth-order valence-corrected chi connectivity index (χ4v) is 3.80. The maximum Gasteiger partial charge on any atom is 0.240 e. The lowest BCUT2D eigenvalue weighted by Crippen LogP contribution is -2.41. The van der Waals surface area contributed by atoms with Gasteiger partial charge in [0.05, 0.1) is 9.92 Å². The van der Waals surface area contributed by atoms with Gasteiger partial charge in [-0.2, -0.15) is 0 Å². The van der Waals surface area contributed by atoms with Crippen LogP contribution in [0.2, 0.25) is 5.02 Å². The Morgan fingerprint density at radius 1 is 1.21 bits per heavy atom. The lowest BCUT2D eigenvalue weighted by Gasteiger charge is -2.32. The van der Waals surface area contributed by atoms with Crippen LogP contribution in [0.4, 0.5) is 4.39 Å². The van der Waals surface area contributed by atoms with Crippen molar-refractivity contribution >= 4 is 21.6 Å². The number of sulfonamides is 1. The van der Waals surface area contributed by atoms with Crippen molar-refractivity contribution in [1.29, 1.82) is 0 Å². The summed E-state index contributed by atoms with van der Waals surface area (Å²) in [6.07, 6.45) is 0.570. The zero-order valence-electron chi connectivity index (χ0n) is 13.4. The van der Waals surface area contributed by atoms with E-state index in [-0.39, 0.29) is 16.5 Å². The predicted octanol–water partition coefficient (Wildman–Crippen LogP) is 3.71. The van der Waals surface area contributed by atoms with Crippen molar-refractivity contribution in [3.8, 4) is 0 Å². The Kier molecular flexibility index (Phi) is 5.98. The van der Waals surface area contributed by atoms with E-state index in [2.05, 4.69) is 4.72 Å². The Morgan fingerprint density at radius 3 is 2.42 bits per heavy atom. The topological polar surface area (TPSA) is 55.4 Å². The van der Waals surface area contributed by atoms with Gasteiger partial charge in [0.1, 0.15) is 11.4 Å². The van der Waals surface area contributed by atoms with Gasteiger partial charge in [-0.25, -0.2) is 17.5 Å². The van der Waals surface area contributed by atoms with Gasteiger partial charge < -0.3 is 4.74 Å². The normalized spacial score (nSPS) is 14.3. The standard InChI is InChI=1S/C17H19ClFNO3S/c1-3-17(23-2,13-7-5-4-6-8-13)12-20-24(21,22)14-9-10-16(19)15(18)11-14/h4-11,20H,3,12H2,1-2H3/t17-/m0/s1. The van der Waals surface area contributed by atoms with E-state index in [1.165, 1.54) is 6.07 Å². The van der Waals surface area contributed by atoms with E-state index in [0.717, 1.165) is 17.7 Å². The van der Waals surface area contributed by atoms with Crippen LogP contribution in [0, 0.1) is 5.82 Å². The summed E-state index contributed by atoms with van der Waals surface area (Å²) in [4.78, 5) is -0.0944.